The number of carbonyl (C=O) groups excluding carboxylic acids is 1. The molecule has 0 spiro atoms. The molecule has 1 rings (SSSR count). The lowest BCUT2D eigenvalue weighted by Gasteiger charge is -2.31. The van der Waals surface area contributed by atoms with Crippen molar-refractivity contribution in [1.29, 1.82) is 0 Å². The van der Waals surface area contributed by atoms with Crippen LogP contribution in [0, 0.1) is 0 Å². The molecule has 1 unspecified atom stereocenters. The van der Waals surface area contributed by atoms with E-state index >= 15 is 0 Å². The lowest BCUT2D eigenvalue weighted by Crippen LogP contribution is -2.51. The number of rotatable bonds is 5. The normalized spacial score (nSPS) is 20.3. The third-order valence-electron chi connectivity index (χ3n) is 3.01. The molecular weight excluding hydrogens is 250 g/mol. The van der Waals surface area contributed by atoms with E-state index in [1.807, 2.05) is 7.05 Å². The van der Waals surface area contributed by atoms with Gasteiger partial charge in [-0.05, 0) is 20.9 Å². The molecule has 1 aliphatic heterocycles. The highest BCUT2D eigenvalue weighted by Crippen LogP contribution is 2.03. The smallest absolute Gasteiger partial charge is 0.323 e. The fourth-order valence-corrected chi connectivity index (χ4v) is 1.93. The zero-order valence-corrected chi connectivity index (χ0v) is 11.8. The first-order valence-corrected chi connectivity index (χ1v) is 6.46. The van der Waals surface area contributed by atoms with Crippen LogP contribution < -0.4 is 5.32 Å². The van der Waals surface area contributed by atoms with Gasteiger partial charge in [-0.25, -0.2) is 4.79 Å². The quantitative estimate of drug-likeness (QED) is 0.726. The SMILES string of the molecule is CC(C)N(CC(=O)O)C(=O)NCC1CN(C)CCO1. The zero-order valence-electron chi connectivity index (χ0n) is 11.8. The maximum absolute atomic E-state index is 11.9. The molecule has 110 valence electrons. The van der Waals surface area contributed by atoms with Crippen molar-refractivity contribution in [2.75, 3.05) is 39.8 Å². The minimum atomic E-state index is -1.02. The van der Waals surface area contributed by atoms with Crippen molar-refractivity contribution in [3.8, 4) is 0 Å². The van der Waals surface area contributed by atoms with Crippen LogP contribution in [0.1, 0.15) is 13.8 Å². The Bertz CT molecular complexity index is 322. The molecule has 19 heavy (non-hydrogen) atoms. The van der Waals surface area contributed by atoms with Crippen LogP contribution in [0.15, 0.2) is 0 Å². The van der Waals surface area contributed by atoms with Crippen LogP contribution >= 0.6 is 0 Å². The van der Waals surface area contributed by atoms with E-state index in [-0.39, 0.29) is 24.7 Å². The first-order valence-electron chi connectivity index (χ1n) is 6.46. The number of hydrogen-bond donors (Lipinski definition) is 2. The molecule has 2 amide bonds. The summed E-state index contributed by atoms with van der Waals surface area (Å²) < 4.78 is 5.53. The van der Waals surface area contributed by atoms with E-state index in [4.69, 9.17) is 9.84 Å². The Morgan fingerprint density at radius 2 is 2.21 bits per heavy atom. The van der Waals surface area contributed by atoms with E-state index in [1.54, 1.807) is 13.8 Å². The summed E-state index contributed by atoms with van der Waals surface area (Å²) in [4.78, 5) is 26.1. The molecule has 1 fully saturated rings. The van der Waals surface area contributed by atoms with Gasteiger partial charge in [-0.2, -0.15) is 0 Å². The third kappa shape index (κ3) is 5.44. The van der Waals surface area contributed by atoms with Crippen molar-refractivity contribution in [2.45, 2.75) is 26.0 Å². The number of carbonyl (C=O) groups is 2. The molecule has 0 aromatic heterocycles. The van der Waals surface area contributed by atoms with Gasteiger partial charge in [0.1, 0.15) is 6.54 Å². The van der Waals surface area contributed by atoms with Gasteiger partial charge in [-0.15, -0.1) is 0 Å². The summed E-state index contributed by atoms with van der Waals surface area (Å²) in [6, 6.07) is -0.528. The predicted molar refractivity (Wildman–Crippen MR) is 70.1 cm³/mol. The number of nitrogens with zero attached hydrogens (tertiary/aromatic N) is 2. The average Bonchev–Trinajstić information content (AvgIpc) is 2.32. The molecule has 2 N–H and O–H groups in total. The summed E-state index contributed by atoms with van der Waals surface area (Å²) >= 11 is 0. The summed E-state index contributed by atoms with van der Waals surface area (Å²) in [5, 5.41) is 11.5. The van der Waals surface area contributed by atoms with Gasteiger partial charge in [0.15, 0.2) is 0 Å². The minimum absolute atomic E-state index is 0.0402. The van der Waals surface area contributed by atoms with Gasteiger partial charge in [0.2, 0.25) is 0 Å². The fourth-order valence-electron chi connectivity index (χ4n) is 1.93. The second kappa shape index (κ2) is 7.30. The Kier molecular flexibility index (Phi) is 6.04. The number of likely N-dealkylation sites (N-methyl/N-ethyl adjacent to an activating group) is 1. The van der Waals surface area contributed by atoms with Gasteiger partial charge in [0.05, 0.1) is 12.7 Å². The first kappa shape index (κ1) is 15.7. The van der Waals surface area contributed by atoms with Crippen LogP contribution in [0.2, 0.25) is 0 Å². The van der Waals surface area contributed by atoms with E-state index in [0.717, 1.165) is 13.1 Å². The number of hydrogen-bond acceptors (Lipinski definition) is 4. The van der Waals surface area contributed by atoms with Crippen molar-refractivity contribution in [3.05, 3.63) is 0 Å². The molecular formula is C12H23N3O4. The van der Waals surface area contributed by atoms with E-state index in [0.29, 0.717) is 13.2 Å². The summed E-state index contributed by atoms with van der Waals surface area (Å²) in [5.41, 5.74) is 0. The lowest BCUT2D eigenvalue weighted by atomic mass is 10.3. The Balaban J connectivity index is 2.41. The van der Waals surface area contributed by atoms with Crippen LogP contribution in [0.25, 0.3) is 0 Å². The van der Waals surface area contributed by atoms with E-state index in [1.165, 1.54) is 4.90 Å². The predicted octanol–water partition coefficient (Wildman–Crippen LogP) is -0.178. The number of morpholine rings is 1. The van der Waals surface area contributed by atoms with Crippen molar-refractivity contribution < 1.29 is 19.4 Å². The molecule has 7 heteroatoms. The maximum atomic E-state index is 11.9. The summed E-state index contributed by atoms with van der Waals surface area (Å²) in [6.07, 6.45) is -0.0402. The van der Waals surface area contributed by atoms with Crippen LogP contribution in [-0.2, 0) is 9.53 Å². The van der Waals surface area contributed by atoms with Crippen molar-refractivity contribution in [2.24, 2.45) is 0 Å². The molecule has 0 saturated carbocycles. The summed E-state index contributed by atoms with van der Waals surface area (Å²) in [6.45, 7) is 5.98. The fraction of sp³-hybridized carbons (Fsp3) is 0.833. The Hall–Kier alpha value is -1.34. The Morgan fingerprint density at radius 1 is 1.53 bits per heavy atom. The second-order valence-corrected chi connectivity index (χ2v) is 5.06. The van der Waals surface area contributed by atoms with Gasteiger partial charge in [0.25, 0.3) is 0 Å². The largest absolute Gasteiger partial charge is 0.480 e. The minimum Gasteiger partial charge on any atom is -0.480 e. The highest BCUT2D eigenvalue weighted by Gasteiger charge is 2.22. The van der Waals surface area contributed by atoms with E-state index in [9.17, 15) is 9.59 Å². The first-order chi connectivity index (χ1) is 8.90. The Labute approximate surface area is 113 Å². The number of amides is 2. The number of carboxylic acids is 1. The van der Waals surface area contributed by atoms with E-state index < -0.39 is 5.97 Å². The highest BCUT2D eigenvalue weighted by atomic mass is 16.5. The standard InChI is InChI=1S/C12H23N3O4/c1-9(2)15(8-11(16)17)12(18)13-6-10-7-14(3)4-5-19-10/h9-10H,4-8H2,1-3H3,(H,13,18)(H,16,17). The lowest BCUT2D eigenvalue weighted by molar-refractivity contribution is -0.138. The zero-order chi connectivity index (χ0) is 14.4. The van der Waals surface area contributed by atoms with Crippen molar-refractivity contribution in [1.82, 2.24) is 15.1 Å². The number of carboxylic acid groups (broad SMARTS) is 1. The summed E-state index contributed by atoms with van der Waals surface area (Å²) in [5.74, 6) is -1.02. The molecule has 0 aliphatic carbocycles. The van der Waals surface area contributed by atoms with Crippen LogP contribution in [0.5, 0.6) is 0 Å². The number of urea groups is 1. The Morgan fingerprint density at radius 3 is 2.74 bits per heavy atom. The van der Waals surface area contributed by atoms with Gasteiger partial charge in [-0.1, -0.05) is 0 Å². The molecule has 7 nitrogen and oxygen atoms in total. The second-order valence-electron chi connectivity index (χ2n) is 5.06. The van der Waals surface area contributed by atoms with E-state index in [2.05, 4.69) is 10.2 Å². The third-order valence-corrected chi connectivity index (χ3v) is 3.01. The summed E-state index contributed by atoms with van der Waals surface area (Å²) in [7, 11) is 2.00. The van der Waals surface area contributed by atoms with Crippen molar-refractivity contribution >= 4 is 12.0 Å². The monoisotopic (exact) mass is 273 g/mol. The van der Waals surface area contributed by atoms with Gasteiger partial charge in [-0.3, -0.25) is 4.79 Å². The molecule has 0 radical (unpaired) electrons. The number of aliphatic carboxylic acids is 1. The molecule has 0 aromatic rings. The van der Waals surface area contributed by atoms with Gasteiger partial charge >= 0.3 is 12.0 Å². The van der Waals surface area contributed by atoms with Crippen LogP contribution in [0.4, 0.5) is 4.79 Å². The molecule has 1 aliphatic rings. The topological polar surface area (TPSA) is 82.1 Å². The van der Waals surface area contributed by atoms with Gasteiger partial charge in [0, 0.05) is 25.7 Å². The van der Waals surface area contributed by atoms with Crippen LogP contribution in [0.3, 0.4) is 0 Å². The molecule has 0 aromatic carbocycles. The molecule has 1 saturated heterocycles. The molecule has 1 heterocycles. The molecule has 1 atom stereocenters. The molecule has 0 bridgehead atoms. The van der Waals surface area contributed by atoms with Crippen LogP contribution in [-0.4, -0.2) is 78.9 Å². The average molecular weight is 273 g/mol. The van der Waals surface area contributed by atoms with Gasteiger partial charge < -0.3 is 25.0 Å². The maximum Gasteiger partial charge on any atom is 0.323 e. The number of ether oxygens (including phenoxy) is 1. The number of nitrogens with one attached hydrogen (secondary N) is 1. The highest BCUT2D eigenvalue weighted by molar-refractivity contribution is 5.80. The van der Waals surface area contributed by atoms with Crippen molar-refractivity contribution in [3.63, 3.8) is 0 Å².